The second-order valence-electron chi connectivity index (χ2n) is 6.45. The van der Waals surface area contributed by atoms with Gasteiger partial charge in [0, 0.05) is 0 Å². The molecule has 134 valence electrons. The number of aliphatic hydroxyl groups is 1. The first kappa shape index (κ1) is 26.7. The first-order valence-electron chi connectivity index (χ1n) is 9.02. The number of unbranched alkanes of at least 4 members (excludes halogenated alkanes) is 11. The van der Waals surface area contributed by atoms with Crippen LogP contribution >= 0.6 is 0 Å². The van der Waals surface area contributed by atoms with Crippen LogP contribution in [-0.4, -0.2) is 29.4 Å². The third-order valence-electron chi connectivity index (χ3n) is 4.25. The van der Waals surface area contributed by atoms with Crippen LogP contribution in [0.1, 0.15) is 97.3 Å². The molecule has 2 atom stereocenters. The normalized spacial score (nSPS) is 14.3. The molecule has 4 nitrogen and oxygen atoms in total. The Balaban J connectivity index is 0. The van der Waals surface area contributed by atoms with Crippen molar-refractivity contribution in [1.82, 2.24) is 0 Å². The van der Waals surface area contributed by atoms with Crippen LogP contribution in [0.25, 0.3) is 0 Å². The molecular weight excluding hydrogens is 339 g/mol. The largest absolute Gasteiger partial charge is 1.00 e. The third-order valence-corrected chi connectivity index (χ3v) is 5.62. The summed E-state index contributed by atoms with van der Waals surface area (Å²) in [5, 5.41) is 8.20. The Bertz CT molecular complexity index is 345. The van der Waals surface area contributed by atoms with E-state index >= 15 is 0 Å². The predicted octanol–water partition coefficient (Wildman–Crippen LogP) is 1.38. The zero-order valence-electron chi connectivity index (χ0n) is 15.4. The molecule has 23 heavy (non-hydrogen) atoms. The van der Waals surface area contributed by atoms with Crippen molar-refractivity contribution in [3.05, 3.63) is 0 Å². The zero-order chi connectivity index (χ0) is 16.8. The van der Waals surface area contributed by atoms with Crippen LogP contribution in [0.3, 0.4) is 0 Å². The quantitative estimate of drug-likeness (QED) is 0.267. The molecule has 0 aromatic heterocycles. The van der Waals surface area contributed by atoms with Crippen molar-refractivity contribution in [2.75, 3.05) is 0 Å². The molecule has 0 aromatic rings. The smallest absolute Gasteiger partial charge is 0.748 e. The molecular formula is C17H35KO4S. The van der Waals surface area contributed by atoms with Crippen molar-refractivity contribution in [2.45, 2.75) is 109 Å². The fraction of sp³-hybridized carbons (Fsp3) is 1.00. The van der Waals surface area contributed by atoms with Gasteiger partial charge in [0.25, 0.3) is 0 Å². The minimum Gasteiger partial charge on any atom is -0.748 e. The molecule has 0 aliphatic rings. The molecule has 0 bridgehead atoms. The predicted molar refractivity (Wildman–Crippen MR) is 90.9 cm³/mol. The van der Waals surface area contributed by atoms with E-state index in [-0.39, 0.29) is 57.8 Å². The van der Waals surface area contributed by atoms with E-state index in [1.54, 1.807) is 0 Å². The van der Waals surface area contributed by atoms with E-state index in [9.17, 15) is 18.1 Å². The van der Waals surface area contributed by atoms with E-state index in [1.807, 2.05) is 0 Å². The Morgan fingerprint density at radius 3 is 1.48 bits per heavy atom. The molecule has 0 aliphatic carbocycles. The van der Waals surface area contributed by atoms with Gasteiger partial charge in [-0.05, 0) is 13.3 Å². The second-order valence-corrected chi connectivity index (χ2v) is 8.04. The number of hydrogen-bond acceptors (Lipinski definition) is 4. The van der Waals surface area contributed by atoms with Crippen molar-refractivity contribution in [2.24, 2.45) is 0 Å². The van der Waals surface area contributed by atoms with Gasteiger partial charge in [-0.2, -0.15) is 0 Å². The number of hydrogen-bond donors (Lipinski definition) is 1. The van der Waals surface area contributed by atoms with Crippen LogP contribution in [-0.2, 0) is 10.1 Å². The van der Waals surface area contributed by atoms with Crippen molar-refractivity contribution in [3.8, 4) is 0 Å². The molecule has 0 rings (SSSR count). The first-order chi connectivity index (χ1) is 10.4. The van der Waals surface area contributed by atoms with Gasteiger partial charge in [0.05, 0.1) is 11.4 Å². The van der Waals surface area contributed by atoms with Gasteiger partial charge in [-0.15, -0.1) is 0 Å². The van der Waals surface area contributed by atoms with E-state index in [1.165, 1.54) is 64.7 Å². The molecule has 0 spiro atoms. The van der Waals surface area contributed by atoms with Crippen LogP contribution < -0.4 is 51.4 Å². The van der Waals surface area contributed by atoms with Crippen molar-refractivity contribution in [3.63, 3.8) is 0 Å². The SMILES string of the molecule is CCCCCCCCCCCCCCC(C(C)O)S(=O)(=O)[O-].[K+]. The summed E-state index contributed by atoms with van der Waals surface area (Å²) in [6.07, 6.45) is 13.7. The molecule has 6 heteroatoms. The number of aliphatic hydroxyl groups excluding tert-OH is 1. The summed E-state index contributed by atoms with van der Waals surface area (Å²) in [5.41, 5.74) is 0. The number of rotatable bonds is 15. The van der Waals surface area contributed by atoms with E-state index < -0.39 is 21.5 Å². The Kier molecular flexibility index (Phi) is 19.7. The Morgan fingerprint density at radius 1 is 0.826 bits per heavy atom. The summed E-state index contributed by atoms with van der Waals surface area (Å²) in [6, 6.07) is 0. The van der Waals surface area contributed by atoms with Gasteiger partial charge < -0.3 is 9.66 Å². The molecule has 0 heterocycles. The van der Waals surface area contributed by atoms with E-state index in [0.29, 0.717) is 6.42 Å². The zero-order valence-corrected chi connectivity index (χ0v) is 19.4. The van der Waals surface area contributed by atoms with E-state index in [2.05, 4.69) is 6.92 Å². The topological polar surface area (TPSA) is 77.4 Å². The van der Waals surface area contributed by atoms with Gasteiger partial charge in [0.1, 0.15) is 10.1 Å². The summed E-state index contributed by atoms with van der Waals surface area (Å²) in [4.78, 5) is 0. The van der Waals surface area contributed by atoms with Gasteiger partial charge >= 0.3 is 51.4 Å². The Labute approximate surface area is 186 Å². The summed E-state index contributed by atoms with van der Waals surface area (Å²) < 4.78 is 33.0. The second kappa shape index (κ2) is 16.9. The standard InChI is InChI=1S/C17H36O4S.K/c1-3-4-5-6-7-8-9-10-11-12-13-14-15-17(16(2)18)22(19,20)21;/h16-18H,3-15H2,1-2H3,(H,19,20,21);/q;+1/p-1. The maximum atomic E-state index is 11.0. The first-order valence-corrected chi connectivity index (χ1v) is 10.5. The van der Waals surface area contributed by atoms with Gasteiger partial charge in [-0.1, -0.05) is 84.0 Å². The van der Waals surface area contributed by atoms with E-state index in [4.69, 9.17) is 0 Å². The van der Waals surface area contributed by atoms with Crippen molar-refractivity contribution < 1.29 is 69.5 Å². The molecule has 0 saturated carbocycles. The molecule has 0 amide bonds. The maximum absolute atomic E-state index is 11.0. The molecule has 0 saturated heterocycles. The minimum atomic E-state index is -4.38. The van der Waals surface area contributed by atoms with Crippen LogP contribution in [0, 0.1) is 0 Å². The van der Waals surface area contributed by atoms with Crippen molar-refractivity contribution in [1.29, 1.82) is 0 Å². The van der Waals surface area contributed by atoms with Crippen LogP contribution in [0.15, 0.2) is 0 Å². The minimum absolute atomic E-state index is 0. The summed E-state index contributed by atoms with van der Waals surface area (Å²) in [5.74, 6) is 0. The fourth-order valence-corrected chi connectivity index (χ4v) is 3.75. The van der Waals surface area contributed by atoms with Gasteiger partial charge in [-0.3, -0.25) is 0 Å². The Hall–Kier alpha value is 1.51. The molecule has 0 radical (unpaired) electrons. The Morgan fingerprint density at radius 2 is 1.17 bits per heavy atom. The fourth-order valence-electron chi connectivity index (χ4n) is 2.81. The molecule has 1 N–H and O–H groups in total. The van der Waals surface area contributed by atoms with E-state index in [0.717, 1.165) is 12.8 Å². The van der Waals surface area contributed by atoms with Crippen LogP contribution in [0.5, 0.6) is 0 Å². The van der Waals surface area contributed by atoms with Gasteiger partial charge in [0.15, 0.2) is 0 Å². The summed E-state index contributed by atoms with van der Waals surface area (Å²) >= 11 is 0. The molecule has 0 aromatic carbocycles. The summed E-state index contributed by atoms with van der Waals surface area (Å²) in [7, 11) is -4.38. The maximum Gasteiger partial charge on any atom is 1.00 e. The average Bonchev–Trinajstić information content (AvgIpc) is 2.42. The van der Waals surface area contributed by atoms with Crippen LogP contribution in [0.4, 0.5) is 0 Å². The average molecular weight is 375 g/mol. The van der Waals surface area contributed by atoms with Gasteiger partial charge in [-0.25, -0.2) is 8.42 Å². The van der Waals surface area contributed by atoms with Crippen LogP contribution in [0.2, 0.25) is 0 Å². The van der Waals surface area contributed by atoms with Gasteiger partial charge in [0.2, 0.25) is 0 Å². The molecule has 2 unspecified atom stereocenters. The monoisotopic (exact) mass is 374 g/mol. The van der Waals surface area contributed by atoms with Crippen molar-refractivity contribution >= 4 is 10.1 Å². The third kappa shape index (κ3) is 16.7. The summed E-state index contributed by atoms with van der Waals surface area (Å²) in [6.45, 7) is 3.61. The molecule has 0 fully saturated rings. The molecule has 0 aliphatic heterocycles.